The molecule has 5 N–H and O–H groups in total. The lowest BCUT2D eigenvalue weighted by Crippen LogP contribution is -2.65. The number of esters is 1. The van der Waals surface area contributed by atoms with E-state index in [1.54, 1.807) is 33.8 Å². The van der Waals surface area contributed by atoms with Crippen molar-refractivity contribution in [3.8, 4) is 0 Å². The number of ether oxygens (including phenoxy) is 5. The molecule has 2 amide bonds. The molecule has 8 unspecified atom stereocenters. The number of ketones is 3. The van der Waals surface area contributed by atoms with Gasteiger partial charge in [0.2, 0.25) is 5.79 Å². The van der Waals surface area contributed by atoms with Crippen LogP contribution in [0.25, 0.3) is 0 Å². The number of hydrogen-bond acceptors (Lipinski definition) is 17. The zero-order valence-electron chi connectivity index (χ0n) is 45.0. The highest BCUT2D eigenvalue weighted by Crippen LogP contribution is 2.45. The number of rotatable bonds is 11. The van der Waals surface area contributed by atoms with Gasteiger partial charge in [0.15, 0.2) is 5.78 Å². The van der Waals surface area contributed by atoms with E-state index in [2.05, 4.69) is 0 Å². The highest BCUT2D eigenvalue weighted by Gasteiger charge is 2.57. The van der Waals surface area contributed by atoms with E-state index in [0.717, 1.165) is 5.57 Å². The number of allylic oxidation sites excluding steroid dienone is 7. The molecular weight excluding hydrogens is 995 g/mol. The smallest absolute Gasteiger partial charge is 0.422 e. The van der Waals surface area contributed by atoms with Crippen molar-refractivity contribution in [3.63, 3.8) is 0 Å². The first-order valence-electron chi connectivity index (χ1n) is 26.6. The van der Waals surface area contributed by atoms with Crippen LogP contribution in [0.1, 0.15) is 119 Å². The maximum atomic E-state index is 14.5. The molecule has 4 heterocycles. The molecule has 0 radical (unpaired) electrons. The quantitative estimate of drug-likeness (QED) is 0.111. The summed E-state index contributed by atoms with van der Waals surface area (Å²) in [5, 5.41) is 42.2. The number of amides is 2. The van der Waals surface area contributed by atoms with E-state index in [1.165, 1.54) is 19.1 Å². The number of aliphatic hydroxyl groups excluding tert-OH is 3. The van der Waals surface area contributed by atoms with Gasteiger partial charge >= 0.3 is 22.3 Å². The Morgan fingerprint density at radius 1 is 0.907 bits per heavy atom. The van der Waals surface area contributed by atoms with Crippen LogP contribution in [-0.2, 0) is 57.9 Å². The highest BCUT2D eigenvalue weighted by molar-refractivity contribution is 7.87. The average Bonchev–Trinajstić information content (AvgIpc) is 3.36. The summed E-state index contributed by atoms with van der Waals surface area (Å²) in [7, 11) is -1.71. The Morgan fingerprint density at radius 3 is 2.28 bits per heavy atom. The van der Waals surface area contributed by atoms with Gasteiger partial charge in [0, 0.05) is 63.9 Å². The zero-order valence-corrected chi connectivity index (χ0v) is 45.8. The lowest BCUT2D eigenvalue weighted by atomic mass is 9.68. The maximum absolute atomic E-state index is 14.5. The number of nitrogens with one attached hydrogen (secondary N) is 1. The Morgan fingerprint density at radius 2 is 1.61 bits per heavy atom. The summed E-state index contributed by atoms with van der Waals surface area (Å²) in [4.78, 5) is 85.5. The molecule has 75 heavy (non-hydrogen) atoms. The second-order valence-electron chi connectivity index (χ2n) is 21.5. The molecule has 21 heteroatoms. The van der Waals surface area contributed by atoms with Gasteiger partial charge in [-0.05, 0) is 108 Å². The van der Waals surface area contributed by atoms with Crippen LogP contribution in [-0.4, -0.2) is 169 Å². The molecule has 1 saturated carbocycles. The molecule has 15 atom stereocenters. The lowest BCUT2D eigenvalue weighted by molar-refractivity contribution is -0.263. The van der Waals surface area contributed by atoms with Crippen LogP contribution in [0.15, 0.2) is 47.6 Å². The number of aliphatic hydroxyl groups is 4. The highest BCUT2D eigenvalue weighted by atomic mass is 32.2. The summed E-state index contributed by atoms with van der Waals surface area (Å²) in [6.45, 7) is 8.83. The number of carbonyl (C=O) groups is 6. The van der Waals surface area contributed by atoms with Crippen LogP contribution in [0.5, 0.6) is 0 Å². The van der Waals surface area contributed by atoms with Crippen molar-refractivity contribution in [1.29, 1.82) is 0 Å². The second kappa shape index (κ2) is 27.9. The van der Waals surface area contributed by atoms with Crippen LogP contribution in [0, 0.1) is 41.4 Å². The molecule has 4 fully saturated rings. The number of methoxy groups -OCH3 is 2. The first kappa shape index (κ1) is 61.7. The van der Waals surface area contributed by atoms with Crippen molar-refractivity contribution in [1.82, 2.24) is 13.9 Å². The van der Waals surface area contributed by atoms with Crippen LogP contribution in [0.4, 0.5) is 4.79 Å². The van der Waals surface area contributed by atoms with Crippen LogP contribution in [0.2, 0.25) is 0 Å². The molecule has 4 bridgehead atoms. The summed E-state index contributed by atoms with van der Waals surface area (Å²) < 4.78 is 57.6. The molecule has 422 valence electrons. The summed E-state index contributed by atoms with van der Waals surface area (Å²) in [5.41, 5.74) is 1.36. The van der Waals surface area contributed by atoms with Gasteiger partial charge in [0.1, 0.15) is 36.2 Å². The predicted molar refractivity (Wildman–Crippen MR) is 274 cm³/mol. The van der Waals surface area contributed by atoms with Crippen LogP contribution in [0.3, 0.4) is 0 Å². The van der Waals surface area contributed by atoms with E-state index in [1.807, 2.05) is 48.9 Å². The minimum Gasteiger partial charge on any atom is -0.460 e. The lowest BCUT2D eigenvalue weighted by Gasteiger charge is -2.50. The third kappa shape index (κ3) is 15.7. The number of carbonyl (C=O) groups excluding carboxylic acids is 6. The molecule has 5 rings (SSSR count). The Labute approximate surface area is 442 Å². The SMILES string of the molecule is COC1CC(CC2[C@H]3CCCN4C(=O)C(=O)C5(O)O[C@H](CC/C(C)=C/C=C/C=C/[C@@H](C)CC(C)C(=O)[C@H](OC)C(O)/C(C)=C/[C@@H](C)C(=O)C[C@@H]2OC(=O)C34)CCC5C)CC[C@H]1OC(=O)NS(=O)(=O)N(CCO)CCO. The van der Waals surface area contributed by atoms with Gasteiger partial charge in [0.05, 0.1) is 25.4 Å². The summed E-state index contributed by atoms with van der Waals surface area (Å²) in [6.07, 6.45) is 8.61. The van der Waals surface area contributed by atoms with Gasteiger partial charge in [-0.15, -0.1) is 0 Å². The largest absolute Gasteiger partial charge is 0.460 e. The van der Waals surface area contributed by atoms with Crippen LogP contribution < -0.4 is 4.72 Å². The van der Waals surface area contributed by atoms with Crippen molar-refractivity contribution in [2.75, 3.05) is 47.1 Å². The van der Waals surface area contributed by atoms with Gasteiger partial charge in [-0.2, -0.15) is 12.7 Å². The third-order valence-corrected chi connectivity index (χ3v) is 17.5. The van der Waals surface area contributed by atoms with Crippen molar-refractivity contribution in [3.05, 3.63) is 47.6 Å². The van der Waals surface area contributed by atoms with Crippen LogP contribution >= 0.6 is 0 Å². The van der Waals surface area contributed by atoms with E-state index in [0.29, 0.717) is 74.1 Å². The molecular formula is C54H83N3O17S. The monoisotopic (exact) mass is 1080 g/mol. The Balaban J connectivity index is 1.46. The van der Waals surface area contributed by atoms with Gasteiger partial charge in [-0.25, -0.2) is 14.3 Å². The molecule has 0 aromatic carbocycles. The molecule has 20 nitrogen and oxygen atoms in total. The molecule has 0 aromatic heterocycles. The Hall–Kier alpha value is -4.19. The summed E-state index contributed by atoms with van der Waals surface area (Å²) in [5.74, 6) is -9.47. The van der Waals surface area contributed by atoms with Crippen molar-refractivity contribution in [2.45, 2.75) is 167 Å². The van der Waals surface area contributed by atoms with Crippen molar-refractivity contribution < 1.29 is 81.3 Å². The van der Waals surface area contributed by atoms with Gasteiger partial charge in [-0.1, -0.05) is 69.7 Å². The first-order chi connectivity index (χ1) is 35.5. The summed E-state index contributed by atoms with van der Waals surface area (Å²) >= 11 is 0. The average molecular weight is 1080 g/mol. The summed E-state index contributed by atoms with van der Waals surface area (Å²) in [6, 6.07) is -1.24. The van der Waals surface area contributed by atoms with E-state index in [-0.39, 0.29) is 55.9 Å². The minimum atomic E-state index is -4.49. The van der Waals surface area contributed by atoms with Crippen molar-refractivity contribution in [2.24, 2.45) is 41.4 Å². The second-order valence-corrected chi connectivity index (χ2v) is 23.2. The first-order valence-corrected chi connectivity index (χ1v) is 28.1. The van der Waals surface area contributed by atoms with Crippen molar-refractivity contribution >= 4 is 45.5 Å². The number of hydrogen-bond donors (Lipinski definition) is 5. The number of Topliss-reactive ketones (excluding diaryl/α,β-unsaturated/α-hetero) is 3. The molecule has 1 aliphatic carbocycles. The van der Waals surface area contributed by atoms with E-state index < -0.39 is 125 Å². The topological polar surface area (TPSA) is 282 Å². The van der Waals surface area contributed by atoms with E-state index in [9.17, 15) is 57.6 Å². The van der Waals surface area contributed by atoms with E-state index >= 15 is 0 Å². The number of fused-ring (bicyclic) bond motifs is 4. The maximum Gasteiger partial charge on any atom is 0.422 e. The Kier molecular flexibility index (Phi) is 23.0. The Bertz CT molecular complexity index is 2240. The molecule has 4 aliphatic heterocycles. The molecule has 0 spiro atoms. The fraction of sp³-hybridized carbons (Fsp3) is 0.741. The molecule has 0 aromatic rings. The van der Waals surface area contributed by atoms with E-state index in [4.69, 9.17) is 23.7 Å². The molecule has 5 aliphatic rings. The fourth-order valence-corrected chi connectivity index (χ4v) is 12.7. The van der Waals surface area contributed by atoms with Gasteiger partial charge in [-0.3, -0.25) is 19.2 Å². The fourth-order valence-electron chi connectivity index (χ4n) is 11.7. The zero-order chi connectivity index (χ0) is 55.4. The number of nitrogens with zero attached hydrogens (tertiary/aromatic N) is 2. The molecule has 3 saturated heterocycles. The van der Waals surface area contributed by atoms with Gasteiger partial charge < -0.3 is 49.0 Å². The third-order valence-electron chi connectivity index (χ3n) is 16.0. The van der Waals surface area contributed by atoms with Gasteiger partial charge in [0.25, 0.3) is 11.7 Å². The standard InChI is InChI=1S/C54H83N3O17S/c1-32-13-10-9-11-14-33(2)27-35(4)47(61)49(71-8)48(62)36(5)28-34(3)42(60)31-44-41(29-38-18-21-43(45(30-38)70-7)73-53(66)55-75(68,69)56(23-25-58)24-26-59)40-15-12-22-57(46(40)52(65)72-44)51(64)50(63)54(67)37(6)17-20-39(74-54)19-16-32/h9-11,13-14,28,33-35,37-41,43-46,48-49,58-59,62,67H,12,15-27,29-31H2,1-8H3,(H,55,66)/b10-9+,14-11+,32-13+,36-28+/t33-,34-,35?,37?,38?,39-,40-,41?,43-,44+,45?,46?,48?,49+,54?/m1/s1. The minimum absolute atomic E-state index is 0.00779. The normalized spacial score (nSPS) is 37.7. The number of piperidine rings is 1. The predicted octanol–water partition coefficient (Wildman–Crippen LogP) is 4.04.